The number of hydrogen-bond acceptors (Lipinski definition) is 0. The second-order valence-corrected chi connectivity index (χ2v) is 4.68. The molecule has 2 saturated carbocycles. The number of rotatable bonds is 4. The predicted octanol–water partition coefficient (Wildman–Crippen LogP) is 3.47. The van der Waals surface area contributed by atoms with Crippen molar-refractivity contribution >= 4 is 0 Å². The number of hydrogen-bond donors (Lipinski definition) is 0. The highest BCUT2D eigenvalue weighted by atomic mass is 14.6. The topological polar surface area (TPSA) is 0 Å². The molecule has 0 heterocycles. The number of unbranched alkanes of at least 4 members (excludes halogenated alkanes) is 1. The van der Waals surface area contributed by atoms with E-state index in [-0.39, 0.29) is 0 Å². The molecular weight excluding hydrogens is 132 g/mol. The summed E-state index contributed by atoms with van der Waals surface area (Å²) in [5.74, 6) is 4.58. The molecule has 2 fully saturated rings. The lowest BCUT2D eigenvalue weighted by molar-refractivity contribution is 0.188. The summed E-state index contributed by atoms with van der Waals surface area (Å²) in [6.07, 6.45) is 7.49. The Bertz CT molecular complexity index is 139. The van der Waals surface area contributed by atoms with Crippen LogP contribution in [0.25, 0.3) is 0 Å². The Kier molecular flexibility index (Phi) is 1.95. The molecule has 64 valence electrons. The lowest BCUT2D eigenvalue weighted by Gasteiger charge is -2.30. The zero-order chi connectivity index (χ0) is 7.84. The van der Waals surface area contributed by atoms with Crippen LogP contribution >= 0.6 is 0 Å². The fraction of sp³-hybridized carbons (Fsp3) is 1.00. The second kappa shape index (κ2) is 2.80. The van der Waals surface area contributed by atoms with Gasteiger partial charge in [-0.2, -0.15) is 0 Å². The molecule has 2 rings (SSSR count). The Morgan fingerprint density at radius 1 is 1.36 bits per heavy atom. The SMILES string of the molecule is CCCCC(C)C1CC2CC21. The maximum absolute atomic E-state index is 2.47. The zero-order valence-electron chi connectivity index (χ0n) is 7.84. The van der Waals surface area contributed by atoms with E-state index in [9.17, 15) is 0 Å². The van der Waals surface area contributed by atoms with E-state index < -0.39 is 0 Å². The molecule has 2 aliphatic rings. The first-order valence-corrected chi connectivity index (χ1v) is 5.33. The molecule has 0 aliphatic heterocycles. The molecule has 4 unspecified atom stereocenters. The van der Waals surface area contributed by atoms with E-state index in [1.54, 1.807) is 12.8 Å². The van der Waals surface area contributed by atoms with Crippen LogP contribution in [0.3, 0.4) is 0 Å². The van der Waals surface area contributed by atoms with Gasteiger partial charge in [0.25, 0.3) is 0 Å². The Labute approximate surface area is 70.4 Å². The average molecular weight is 152 g/mol. The minimum absolute atomic E-state index is 1.04. The highest BCUT2D eigenvalue weighted by molar-refractivity contribution is 5.03. The van der Waals surface area contributed by atoms with E-state index in [1.165, 1.54) is 31.1 Å². The minimum atomic E-state index is 1.04. The molecule has 0 radical (unpaired) electrons. The summed E-state index contributed by atoms with van der Waals surface area (Å²) in [6, 6.07) is 0. The van der Waals surface area contributed by atoms with Gasteiger partial charge in [-0.3, -0.25) is 0 Å². The van der Waals surface area contributed by atoms with Gasteiger partial charge in [0, 0.05) is 0 Å². The van der Waals surface area contributed by atoms with Crippen LogP contribution < -0.4 is 0 Å². The summed E-state index contributed by atoms with van der Waals surface area (Å²) >= 11 is 0. The van der Waals surface area contributed by atoms with Crippen molar-refractivity contribution in [2.24, 2.45) is 23.7 Å². The highest BCUT2D eigenvalue weighted by Crippen LogP contribution is 2.62. The summed E-state index contributed by atoms with van der Waals surface area (Å²) in [6.45, 7) is 4.77. The predicted molar refractivity (Wildman–Crippen MR) is 48.4 cm³/mol. The quantitative estimate of drug-likeness (QED) is 0.578. The van der Waals surface area contributed by atoms with Gasteiger partial charge in [0.1, 0.15) is 0 Å². The van der Waals surface area contributed by atoms with Gasteiger partial charge >= 0.3 is 0 Å². The van der Waals surface area contributed by atoms with E-state index in [4.69, 9.17) is 0 Å². The molecule has 0 heteroatoms. The van der Waals surface area contributed by atoms with Crippen molar-refractivity contribution in [3.63, 3.8) is 0 Å². The molecular formula is C11H20. The molecule has 0 aromatic carbocycles. The molecule has 11 heavy (non-hydrogen) atoms. The van der Waals surface area contributed by atoms with Crippen molar-refractivity contribution < 1.29 is 0 Å². The van der Waals surface area contributed by atoms with Gasteiger partial charge in [-0.05, 0) is 36.5 Å². The van der Waals surface area contributed by atoms with Gasteiger partial charge in [0.15, 0.2) is 0 Å². The Morgan fingerprint density at radius 2 is 2.18 bits per heavy atom. The number of fused-ring (bicyclic) bond motifs is 1. The van der Waals surface area contributed by atoms with Crippen LogP contribution in [0, 0.1) is 23.7 Å². The third kappa shape index (κ3) is 1.32. The van der Waals surface area contributed by atoms with E-state index in [2.05, 4.69) is 13.8 Å². The van der Waals surface area contributed by atoms with Crippen molar-refractivity contribution in [1.29, 1.82) is 0 Å². The Morgan fingerprint density at radius 3 is 2.64 bits per heavy atom. The van der Waals surface area contributed by atoms with Crippen LogP contribution in [0.4, 0.5) is 0 Å². The van der Waals surface area contributed by atoms with Gasteiger partial charge in [-0.15, -0.1) is 0 Å². The van der Waals surface area contributed by atoms with Crippen LogP contribution in [-0.2, 0) is 0 Å². The maximum Gasteiger partial charge on any atom is -0.0352 e. The monoisotopic (exact) mass is 152 g/mol. The van der Waals surface area contributed by atoms with Crippen molar-refractivity contribution in [1.82, 2.24) is 0 Å². The third-order valence-corrected chi connectivity index (χ3v) is 3.85. The van der Waals surface area contributed by atoms with Crippen molar-refractivity contribution in [3.8, 4) is 0 Å². The molecule has 0 nitrogen and oxygen atoms in total. The second-order valence-electron chi connectivity index (χ2n) is 4.68. The molecule has 0 N–H and O–H groups in total. The summed E-state index contributed by atoms with van der Waals surface area (Å²) in [5.41, 5.74) is 0. The standard InChI is InChI=1S/C11H20/c1-3-4-5-8(2)10-6-9-7-11(9)10/h8-11H,3-7H2,1-2H3. The smallest absolute Gasteiger partial charge is 0.0352 e. The first-order chi connectivity index (χ1) is 5.33. The van der Waals surface area contributed by atoms with Crippen molar-refractivity contribution in [2.75, 3.05) is 0 Å². The molecule has 4 atom stereocenters. The largest absolute Gasteiger partial charge is 0.0654 e. The molecule has 0 bridgehead atoms. The molecule has 0 aromatic rings. The fourth-order valence-electron chi connectivity index (χ4n) is 2.79. The van der Waals surface area contributed by atoms with Gasteiger partial charge < -0.3 is 0 Å². The van der Waals surface area contributed by atoms with Gasteiger partial charge in [-0.25, -0.2) is 0 Å². The summed E-state index contributed by atoms with van der Waals surface area (Å²) in [5, 5.41) is 0. The molecule has 2 aliphatic carbocycles. The Balaban J connectivity index is 1.68. The van der Waals surface area contributed by atoms with Crippen LogP contribution in [0.2, 0.25) is 0 Å². The van der Waals surface area contributed by atoms with Crippen LogP contribution in [0.5, 0.6) is 0 Å². The van der Waals surface area contributed by atoms with E-state index in [0.717, 1.165) is 11.8 Å². The van der Waals surface area contributed by atoms with Gasteiger partial charge in [-0.1, -0.05) is 33.1 Å². The van der Waals surface area contributed by atoms with Crippen molar-refractivity contribution in [2.45, 2.75) is 46.0 Å². The summed E-state index contributed by atoms with van der Waals surface area (Å²) in [7, 11) is 0. The summed E-state index contributed by atoms with van der Waals surface area (Å²) < 4.78 is 0. The van der Waals surface area contributed by atoms with E-state index in [1.807, 2.05) is 0 Å². The van der Waals surface area contributed by atoms with Crippen molar-refractivity contribution in [3.05, 3.63) is 0 Å². The molecule has 0 spiro atoms. The molecule has 0 saturated heterocycles. The normalized spacial score (nSPS) is 42.5. The fourth-order valence-corrected chi connectivity index (χ4v) is 2.79. The van der Waals surface area contributed by atoms with Gasteiger partial charge in [0.2, 0.25) is 0 Å². The zero-order valence-corrected chi connectivity index (χ0v) is 7.84. The highest BCUT2D eigenvalue weighted by Gasteiger charge is 2.54. The Hall–Kier alpha value is 0. The van der Waals surface area contributed by atoms with E-state index in [0.29, 0.717) is 0 Å². The van der Waals surface area contributed by atoms with Crippen LogP contribution in [-0.4, -0.2) is 0 Å². The van der Waals surface area contributed by atoms with Crippen LogP contribution in [0.1, 0.15) is 46.0 Å². The first-order valence-electron chi connectivity index (χ1n) is 5.33. The lowest BCUT2D eigenvalue weighted by atomic mass is 9.75. The first kappa shape index (κ1) is 7.64. The third-order valence-electron chi connectivity index (χ3n) is 3.85. The lowest BCUT2D eigenvalue weighted by Crippen LogP contribution is -2.23. The molecule has 0 amide bonds. The minimum Gasteiger partial charge on any atom is -0.0654 e. The van der Waals surface area contributed by atoms with Crippen LogP contribution in [0.15, 0.2) is 0 Å². The van der Waals surface area contributed by atoms with Gasteiger partial charge in [0.05, 0.1) is 0 Å². The average Bonchev–Trinajstić information content (AvgIpc) is 2.57. The molecule has 0 aromatic heterocycles. The van der Waals surface area contributed by atoms with E-state index >= 15 is 0 Å². The summed E-state index contributed by atoms with van der Waals surface area (Å²) in [4.78, 5) is 0. The maximum atomic E-state index is 2.47.